The molecule has 1 heterocycles. The lowest BCUT2D eigenvalue weighted by molar-refractivity contribution is 0.102. The molecule has 0 saturated heterocycles. The number of nitrogens with one attached hydrogen (secondary N) is 2. The summed E-state index contributed by atoms with van der Waals surface area (Å²) in [5.74, 6) is -0.983. The van der Waals surface area contributed by atoms with E-state index >= 15 is 0 Å². The fourth-order valence-corrected chi connectivity index (χ4v) is 1.91. The third kappa shape index (κ3) is 2.65. The lowest BCUT2D eigenvalue weighted by Crippen LogP contribution is -2.15. The van der Waals surface area contributed by atoms with Gasteiger partial charge >= 0.3 is 0 Å². The number of hydrogen-bond donors (Lipinski definition) is 2. The molecule has 5 heteroatoms. The van der Waals surface area contributed by atoms with Gasteiger partial charge in [-0.1, -0.05) is 26.0 Å². The van der Waals surface area contributed by atoms with Gasteiger partial charge < -0.3 is 5.32 Å². The summed E-state index contributed by atoms with van der Waals surface area (Å²) < 4.78 is 13.5. The zero-order chi connectivity index (χ0) is 13.8. The molecule has 0 spiro atoms. The number of rotatable bonds is 4. The van der Waals surface area contributed by atoms with Crippen molar-refractivity contribution in [1.29, 1.82) is 0 Å². The Labute approximate surface area is 111 Å². The number of carbonyl (C=O) groups excluding carboxylic acids is 1. The molecule has 1 aromatic heterocycles. The van der Waals surface area contributed by atoms with E-state index in [9.17, 15) is 9.18 Å². The molecule has 2 N–H and O–H groups in total. The van der Waals surface area contributed by atoms with Gasteiger partial charge in [0.2, 0.25) is 0 Å². The molecule has 0 aliphatic carbocycles. The van der Waals surface area contributed by atoms with Gasteiger partial charge in [-0.15, -0.1) is 0 Å². The Bertz CT molecular complexity index is 571. The van der Waals surface area contributed by atoms with Crippen molar-refractivity contribution in [1.82, 2.24) is 10.2 Å². The van der Waals surface area contributed by atoms with Gasteiger partial charge in [0.25, 0.3) is 5.91 Å². The van der Waals surface area contributed by atoms with Crippen LogP contribution in [0.5, 0.6) is 0 Å². The van der Waals surface area contributed by atoms with Crippen molar-refractivity contribution in [3.05, 3.63) is 47.0 Å². The SMILES string of the molecule is CCc1n[nH]c(CC)c1NC(=O)c1ccccc1F. The van der Waals surface area contributed by atoms with Crippen LogP contribution < -0.4 is 5.32 Å². The molecule has 0 aliphatic rings. The molecule has 100 valence electrons. The van der Waals surface area contributed by atoms with Crippen molar-refractivity contribution in [3.63, 3.8) is 0 Å². The predicted molar refractivity (Wildman–Crippen MR) is 71.7 cm³/mol. The number of carbonyl (C=O) groups is 1. The van der Waals surface area contributed by atoms with Crippen LogP contribution in [0.4, 0.5) is 10.1 Å². The molecule has 0 bridgehead atoms. The third-order valence-corrected chi connectivity index (χ3v) is 2.96. The molecule has 2 aromatic rings. The van der Waals surface area contributed by atoms with E-state index in [-0.39, 0.29) is 5.56 Å². The van der Waals surface area contributed by atoms with Crippen LogP contribution in [-0.2, 0) is 12.8 Å². The van der Waals surface area contributed by atoms with E-state index in [1.54, 1.807) is 12.1 Å². The van der Waals surface area contributed by atoms with Crippen LogP contribution in [0.2, 0.25) is 0 Å². The Hall–Kier alpha value is -2.17. The smallest absolute Gasteiger partial charge is 0.258 e. The third-order valence-electron chi connectivity index (χ3n) is 2.96. The Morgan fingerprint density at radius 1 is 1.32 bits per heavy atom. The Morgan fingerprint density at radius 2 is 2.05 bits per heavy atom. The molecule has 19 heavy (non-hydrogen) atoms. The van der Waals surface area contributed by atoms with Gasteiger partial charge in [-0.3, -0.25) is 9.89 Å². The zero-order valence-electron chi connectivity index (χ0n) is 11.0. The number of anilines is 1. The maximum atomic E-state index is 13.5. The van der Waals surface area contributed by atoms with E-state index in [4.69, 9.17) is 0 Å². The second-order valence-electron chi connectivity index (χ2n) is 4.16. The van der Waals surface area contributed by atoms with Gasteiger partial charge in [-0.2, -0.15) is 5.10 Å². The van der Waals surface area contributed by atoms with Crippen molar-refractivity contribution < 1.29 is 9.18 Å². The normalized spacial score (nSPS) is 10.5. The minimum absolute atomic E-state index is 0.0350. The zero-order valence-corrected chi connectivity index (χ0v) is 11.0. The summed E-state index contributed by atoms with van der Waals surface area (Å²) >= 11 is 0. The minimum atomic E-state index is -0.528. The first-order valence-corrected chi connectivity index (χ1v) is 6.29. The van der Waals surface area contributed by atoms with Crippen LogP contribution in [0.1, 0.15) is 35.6 Å². The minimum Gasteiger partial charge on any atom is -0.319 e. The first-order valence-electron chi connectivity index (χ1n) is 6.29. The molecule has 0 saturated carbocycles. The van der Waals surface area contributed by atoms with Gasteiger partial charge in [-0.25, -0.2) is 4.39 Å². The quantitative estimate of drug-likeness (QED) is 0.889. The maximum Gasteiger partial charge on any atom is 0.258 e. The number of aromatic amines is 1. The summed E-state index contributed by atoms with van der Waals surface area (Å²) in [6, 6.07) is 5.92. The molecule has 0 aliphatic heterocycles. The maximum absolute atomic E-state index is 13.5. The summed E-state index contributed by atoms with van der Waals surface area (Å²) in [7, 11) is 0. The van der Waals surface area contributed by atoms with Crippen LogP contribution in [-0.4, -0.2) is 16.1 Å². The summed E-state index contributed by atoms with van der Waals surface area (Å²) in [4.78, 5) is 12.1. The van der Waals surface area contributed by atoms with Gasteiger partial charge in [0.05, 0.1) is 22.6 Å². The number of aromatic nitrogens is 2. The lowest BCUT2D eigenvalue weighted by Gasteiger charge is -2.07. The highest BCUT2D eigenvalue weighted by molar-refractivity contribution is 6.05. The van der Waals surface area contributed by atoms with E-state index in [0.29, 0.717) is 12.1 Å². The van der Waals surface area contributed by atoms with Crippen molar-refractivity contribution in [2.45, 2.75) is 26.7 Å². The highest BCUT2D eigenvalue weighted by Gasteiger charge is 2.16. The van der Waals surface area contributed by atoms with Crippen LogP contribution in [0, 0.1) is 5.82 Å². The topological polar surface area (TPSA) is 57.8 Å². The Kier molecular flexibility index (Phi) is 3.94. The summed E-state index contributed by atoms with van der Waals surface area (Å²) in [5.41, 5.74) is 2.33. The van der Waals surface area contributed by atoms with E-state index < -0.39 is 11.7 Å². The second-order valence-corrected chi connectivity index (χ2v) is 4.16. The Morgan fingerprint density at radius 3 is 2.68 bits per heavy atom. The summed E-state index contributed by atoms with van der Waals surface area (Å²) in [6.07, 6.45) is 1.42. The largest absolute Gasteiger partial charge is 0.319 e. The van der Waals surface area contributed by atoms with Crippen LogP contribution in [0.3, 0.4) is 0 Å². The molecule has 0 atom stereocenters. The number of nitrogens with zero attached hydrogens (tertiary/aromatic N) is 1. The van der Waals surface area contributed by atoms with Crippen molar-refractivity contribution in [2.75, 3.05) is 5.32 Å². The molecular weight excluding hydrogens is 245 g/mol. The first kappa shape index (κ1) is 13.3. The van der Waals surface area contributed by atoms with Crippen LogP contribution >= 0.6 is 0 Å². The number of halogens is 1. The van der Waals surface area contributed by atoms with Crippen LogP contribution in [0.15, 0.2) is 24.3 Å². The van der Waals surface area contributed by atoms with Gasteiger partial charge in [0, 0.05) is 0 Å². The van der Waals surface area contributed by atoms with E-state index in [2.05, 4.69) is 15.5 Å². The van der Waals surface area contributed by atoms with Crippen molar-refractivity contribution >= 4 is 11.6 Å². The molecule has 0 fully saturated rings. The van der Waals surface area contributed by atoms with Crippen molar-refractivity contribution in [3.8, 4) is 0 Å². The molecule has 4 nitrogen and oxygen atoms in total. The standard InChI is InChI=1S/C14H16FN3O/c1-3-11-13(12(4-2)18-17-11)16-14(19)9-7-5-6-8-10(9)15/h5-8H,3-4H2,1-2H3,(H,16,19)(H,17,18). The molecule has 1 aromatic carbocycles. The highest BCUT2D eigenvalue weighted by atomic mass is 19.1. The van der Waals surface area contributed by atoms with E-state index in [0.717, 1.165) is 17.8 Å². The lowest BCUT2D eigenvalue weighted by atomic mass is 10.1. The molecule has 0 radical (unpaired) electrons. The number of H-pyrrole nitrogens is 1. The predicted octanol–water partition coefficient (Wildman–Crippen LogP) is 2.93. The van der Waals surface area contributed by atoms with E-state index in [1.807, 2.05) is 13.8 Å². The average Bonchev–Trinajstić information content (AvgIpc) is 2.81. The number of hydrogen-bond acceptors (Lipinski definition) is 2. The fraction of sp³-hybridized carbons (Fsp3) is 0.286. The van der Waals surface area contributed by atoms with Gasteiger partial charge in [0.1, 0.15) is 5.82 Å². The van der Waals surface area contributed by atoms with Crippen LogP contribution in [0.25, 0.3) is 0 Å². The molecule has 1 amide bonds. The highest BCUT2D eigenvalue weighted by Crippen LogP contribution is 2.20. The molecular formula is C14H16FN3O. The number of aryl methyl sites for hydroxylation is 2. The number of amides is 1. The van der Waals surface area contributed by atoms with Crippen molar-refractivity contribution in [2.24, 2.45) is 0 Å². The Balaban J connectivity index is 2.29. The second kappa shape index (κ2) is 5.65. The monoisotopic (exact) mass is 261 g/mol. The van der Waals surface area contributed by atoms with Gasteiger partial charge in [-0.05, 0) is 25.0 Å². The summed E-state index contributed by atoms with van der Waals surface area (Å²) in [6.45, 7) is 3.92. The molecule has 2 rings (SSSR count). The molecule has 0 unspecified atom stereocenters. The first-order chi connectivity index (χ1) is 9.17. The number of benzene rings is 1. The van der Waals surface area contributed by atoms with E-state index in [1.165, 1.54) is 12.1 Å². The fourth-order valence-electron chi connectivity index (χ4n) is 1.91. The van der Waals surface area contributed by atoms with Gasteiger partial charge in [0.15, 0.2) is 0 Å². The average molecular weight is 261 g/mol. The summed E-state index contributed by atoms with van der Waals surface area (Å²) in [5, 5.41) is 9.77.